The molecule has 3 rings (SSSR count). The van der Waals surface area contributed by atoms with Crippen molar-refractivity contribution in [1.82, 2.24) is 4.31 Å². The van der Waals surface area contributed by atoms with Gasteiger partial charge in [0.2, 0.25) is 5.91 Å². The van der Waals surface area contributed by atoms with Crippen LogP contribution in [0.5, 0.6) is 5.75 Å². The van der Waals surface area contributed by atoms with Gasteiger partial charge in [-0.05, 0) is 48.9 Å². The van der Waals surface area contributed by atoms with Crippen LogP contribution in [0.1, 0.15) is 18.1 Å². The number of carbonyl (C=O) groups is 1. The Morgan fingerprint density at radius 2 is 1.85 bits per heavy atom. The second kappa shape index (κ2) is 6.98. The lowest BCUT2D eigenvalue weighted by Crippen LogP contribution is -2.33. The number of hydrogen-bond acceptors (Lipinski definition) is 5. The van der Waals surface area contributed by atoms with E-state index in [0.717, 1.165) is 4.31 Å². The third-order valence-corrected chi connectivity index (χ3v) is 7.23. The van der Waals surface area contributed by atoms with Gasteiger partial charge in [0.25, 0.3) is 10.0 Å². The van der Waals surface area contributed by atoms with Gasteiger partial charge >= 0.3 is 0 Å². The molecular formula is C18H16ClNO4S2. The van der Waals surface area contributed by atoms with E-state index < -0.39 is 15.9 Å². The Morgan fingerprint density at radius 1 is 1.19 bits per heavy atom. The quantitative estimate of drug-likeness (QED) is 0.739. The smallest absolute Gasteiger partial charge is 0.272 e. The van der Waals surface area contributed by atoms with Crippen molar-refractivity contribution >= 4 is 45.0 Å². The molecule has 8 heteroatoms. The summed E-state index contributed by atoms with van der Waals surface area (Å²) in [4.78, 5) is 12.8. The van der Waals surface area contributed by atoms with Crippen LogP contribution in [-0.2, 0) is 14.8 Å². The molecule has 0 unspecified atom stereocenters. The number of carbonyl (C=O) groups excluding carboxylic acids is 1. The molecule has 1 heterocycles. The molecule has 1 amide bonds. The third-order valence-electron chi connectivity index (χ3n) is 3.93. The van der Waals surface area contributed by atoms with Crippen molar-refractivity contribution in [1.29, 1.82) is 0 Å². The van der Waals surface area contributed by atoms with Crippen LogP contribution < -0.4 is 4.74 Å². The highest BCUT2D eigenvalue weighted by atomic mass is 35.5. The number of benzene rings is 2. The number of fused-ring (bicyclic) bond motifs is 1. The first-order valence-corrected chi connectivity index (χ1v) is 10.3. The second-order valence-electron chi connectivity index (χ2n) is 5.69. The Kier molecular flexibility index (Phi) is 5.05. The summed E-state index contributed by atoms with van der Waals surface area (Å²) >= 11 is 7.37. The van der Waals surface area contributed by atoms with Gasteiger partial charge in [-0.2, -0.15) is 0 Å². The van der Waals surface area contributed by atoms with Crippen LogP contribution in [0.2, 0.25) is 5.02 Å². The number of methoxy groups -OCH3 is 1. The van der Waals surface area contributed by atoms with Gasteiger partial charge in [0.05, 0.1) is 12.8 Å². The minimum atomic E-state index is -4.07. The Balaban J connectivity index is 2.22. The molecule has 0 aliphatic carbocycles. The van der Waals surface area contributed by atoms with Crippen LogP contribution in [0.4, 0.5) is 0 Å². The van der Waals surface area contributed by atoms with Crippen molar-refractivity contribution in [2.75, 3.05) is 7.11 Å². The summed E-state index contributed by atoms with van der Waals surface area (Å²) in [5.74, 6) is 0.0478. The minimum absolute atomic E-state index is 0.0689. The monoisotopic (exact) mass is 409 g/mol. The SMILES string of the molecule is COc1ccc(C2=CSc3cc(Cl)c(C)cc3S(=O)(=O)N2C(C)=O)cc1. The minimum Gasteiger partial charge on any atom is -0.497 e. The molecule has 0 bridgehead atoms. The molecule has 0 N–H and O–H groups in total. The molecule has 0 fully saturated rings. The number of aryl methyl sites for hydroxylation is 1. The molecule has 0 radical (unpaired) electrons. The molecule has 26 heavy (non-hydrogen) atoms. The first-order chi connectivity index (χ1) is 12.3. The summed E-state index contributed by atoms with van der Waals surface area (Å²) < 4.78 is 32.4. The molecular weight excluding hydrogens is 394 g/mol. The fourth-order valence-electron chi connectivity index (χ4n) is 2.61. The maximum atomic E-state index is 13.2. The first kappa shape index (κ1) is 18.8. The van der Waals surface area contributed by atoms with Gasteiger partial charge in [-0.15, -0.1) is 0 Å². The summed E-state index contributed by atoms with van der Waals surface area (Å²) in [6.45, 7) is 2.96. The van der Waals surface area contributed by atoms with E-state index in [9.17, 15) is 13.2 Å². The Morgan fingerprint density at radius 3 is 2.42 bits per heavy atom. The van der Waals surface area contributed by atoms with Crippen molar-refractivity contribution in [2.24, 2.45) is 0 Å². The summed E-state index contributed by atoms with van der Waals surface area (Å²) in [5.41, 5.74) is 1.51. The van der Waals surface area contributed by atoms with Gasteiger partial charge in [-0.3, -0.25) is 4.79 Å². The van der Waals surface area contributed by atoms with Crippen molar-refractivity contribution in [3.63, 3.8) is 0 Å². The zero-order valence-electron chi connectivity index (χ0n) is 14.3. The van der Waals surface area contributed by atoms with Crippen molar-refractivity contribution in [2.45, 2.75) is 23.6 Å². The van der Waals surface area contributed by atoms with Crippen LogP contribution >= 0.6 is 23.4 Å². The van der Waals surface area contributed by atoms with E-state index >= 15 is 0 Å². The lowest BCUT2D eigenvalue weighted by atomic mass is 10.1. The van der Waals surface area contributed by atoms with E-state index in [-0.39, 0.29) is 10.6 Å². The summed E-state index contributed by atoms with van der Waals surface area (Å²) in [5, 5.41) is 2.13. The normalized spacial score (nSPS) is 15.7. The zero-order valence-corrected chi connectivity index (χ0v) is 16.7. The molecule has 0 saturated heterocycles. The molecule has 2 aromatic carbocycles. The summed E-state index contributed by atoms with van der Waals surface area (Å²) in [6, 6.07) is 9.96. The van der Waals surface area contributed by atoms with Gasteiger partial charge in [-0.25, -0.2) is 12.7 Å². The molecule has 0 saturated carbocycles. The second-order valence-corrected chi connectivity index (χ2v) is 8.76. The Hall–Kier alpha value is -1.96. The van der Waals surface area contributed by atoms with E-state index in [1.54, 1.807) is 49.8 Å². The number of ether oxygens (including phenoxy) is 1. The van der Waals surface area contributed by atoms with Crippen LogP contribution in [0, 0.1) is 6.92 Å². The van der Waals surface area contributed by atoms with Gasteiger partial charge in [-0.1, -0.05) is 23.4 Å². The zero-order chi connectivity index (χ0) is 19.1. The van der Waals surface area contributed by atoms with Crippen LogP contribution in [0.25, 0.3) is 5.70 Å². The number of rotatable bonds is 2. The number of hydrogen-bond donors (Lipinski definition) is 0. The predicted molar refractivity (Wildman–Crippen MR) is 103 cm³/mol. The fourth-order valence-corrected chi connectivity index (χ4v) is 5.80. The number of sulfonamides is 1. The van der Waals surface area contributed by atoms with Crippen molar-refractivity contribution in [3.05, 3.63) is 58.0 Å². The highest BCUT2D eigenvalue weighted by Crippen LogP contribution is 2.41. The van der Waals surface area contributed by atoms with Crippen LogP contribution in [0.15, 0.2) is 51.6 Å². The number of thioether (sulfide) groups is 1. The van der Waals surface area contributed by atoms with E-state index in [2.05, 4.69) is 0 Å². The van der Waals surface area contributed by atoms with Crippen molar-refractivity contribution in [3.8, 4) is 5.75 Å². The van der Waals surface area contributed by atoms with E-state index in [0.29, 0.717) is 26.8 Å². The summed E-state index contributed by atoms with van der Waals surface area (Å²) in [7, 11) is -2.52. The average molecular weight is 410 g/mol. The van der Waals surface area contributed by atoms with Gasteiger partial charge in [0.15, 0.2) is 0 Å². The van der Waals surface area contributed by atoms with Crippen molar-refractivity contribution < 1.29 is 17.9 Å². The van der Waals surface area contributed by atoms with Gasteiger partial charge < -0.3 is 4.74 Å². The molecule has 0 aromatic heterocycles. The third kappa shape index (κ3) is 3.22. The maximum absolute atomic E-state index is 13.2. The number of halogens is 1. The molecule has 5 nitrogen and oxygen atoms in total. The number of nitrogens with zero attached hydrogens (tertiary/aromatic N) is 1. The molecule has 2 aromatic rings. The van der Waals surface area contributed by atoms with E-state index in [1.807, 2.05) is 0 Å². The highest BCUT2D eigenvalue weighted by molar-refractivity contribution is 8.03. The molecule has 136 valence electrons. The van der Waals surface area contributed by atoms with Gasteiger partial charge in [0.1, 0.15) is 10.6 Å². The van der Waals surface area contributed by atoms with Gasteiger partial charge in [0, 0.05) is 27.8 Å². The Labute approximate surface area is 161 Å². The molecule has 1 aliphatic rings. The maximum Gasteiger partial charge on any atom is 0.272 e. The summed E-state index contributed by atoms with van der Waals surface area (Å²) in [6.07, 6.45) is 0. The average Bonchev–Trinajstić information content (AvgIpc) is 2.70. The predicted octanol–water partition coefficient (Wildman–Crippen LogP) is 4.30. The first-order valence-electron chi connectivity index (χ1n) is 7.63. The largest absolute Gasteiger partial charge is 0.497 e. The lowest BCUT2D eigenvalue weighted by Gasteiger charge is -2.23. The number of amides is 1. The van der Waals surface area contributed by atoms with E-state index in [1.165, 1.54) is 24.8 Å². The fraction of sp³-hybridized carbons (Fsp3) is 0.167. The van der Waals surface area contributed by atoms with E-state index in [4.69, 9.17) is 16.3 Å². The Bertz CT molecular complexity index is 1010. The van der Waals surface area contributed by atoms with Crippen LogP contribution in [0.3, 0.4) is 0 Å². The molecule has 0 atom stereocenters. The standard InChI is InChI=1S/C18H16ClNO4S2/c1-11-8-18-17(9-15(11)19)25-10-16(20(12(2)21)26(18,22)23)13-4-6-14(24-3)7-5-13/h4-10H,1-3H3. The molecule has 1 aliphatic heterocycles. The lowest BCUT2D eigenvalue weighted by molar-refractivity contribution is -0.122. The topological polar surface area (TPSA) is 63.7 Å². The van der Waals surface area contributed by atoms with Crippen LogP contribution in [-0.4, -0.2) is 25.7 Å². The highest BCUT2D eigenvalue weighted by Gasteiger charge is 2.35. The molecule has 0 spiro atoms.